The zero-order valence-corrected chi connectivity index (χ0v) is 14.5. The van der Waals surface area contributed by atoms with Gasteiger partial charge in [0.05, 0.1) is 5.69 Å². The third-order valence-electron chi connectivity index (χ3n) is 2.87. The lowest BCUT2D eigenvalue weighted by atomic mass is 10.1. The van der Waals surface area contributed by atoms with Crippen molar-refractivity contribution < 1.29 is 4.79 Å². The average molecular weight is 413 g/mol. The van der Waals surface area contributed by atoms with Crippen LogP contribution in [0, 0.1) is 0 Å². The third kappa shape index (κ3) is 4.56. The smallest absolute Gasteiger partial charge is 0.323 e. The second-order valence-electron chi connectivity index (χ2n) is 4.61. The minimum atomic E-state index is -0.299. The number of rotatable bonds is 3. The van der Waals surface area contributed by atoms with Gasteiger partial charge in [-0.25, -0.2) is 4.79 Å². The summed E-state index contributed by atoms with van der Waals surface area (Å²) < 4.78 is 1.74. The predicted octanol–water partition coefficient (Wildman–Crippen LogP) is 4.88. The first-order chi connectivity index (χ1) is 9.95. The van der Waals surface area contributed by atoms with Gasteiger partial charge in [-0.1, -0.05) is 28.1 Å². The number of benzene rings is 2. The summed E-state index contributed by atoms with van der Waals surface area (Å²) in [6.45, 7) is 1.92. The van der Waals surface area contributed by atoms with Crippen molar-refractivity contribution in [3.8, 4) is 0 Å². The molecule has 0 aromatic heterocycles. The monoisotopic (exact) mass is 411 g/mol. The van der Waals surface area contributed by atoms with E-state index < -0.39 is 0 Å². The highest BCUT2D eigenvalue weighted by Gasteiger charge is 2.06. The number of carbonyl (C=O) groups excluding carboxylic acids is 1. The van der Waals surface area contributed by atoms with Crippen molar-refractivity contribution in [2.75, 3.05) is 10.6 Å². The minimum Gasteiger partial charge on any atom is -0.324 e. The maximum absolute atomic E-state index is 12.0. The molecule has 4 nitrogen and oxygen atoms in total. The number of anilines is 2. The Hall–Kier alpha value is -1.37. The summed E-state index contributed by atoms with van der Waals surface area (Å²) >= 11 is 6.77. The number of carbonyl (C=O) groups is 1. The van der Waals surface area contributed by atoms with E-state index in [1.54, 1.807) is 0 Å². The molecule has 6 heteroatoms. The van der Waals surface area contributed by atoms with E-state index in [-0.39, 0.29) is 12.1 Å². The molecule has 0 aliphatic carbocycles. The molecule has 2 aromatic rings. The fourth-order valence-corrected chi connectivity index (χ4v) is 2.89. The van der Waals surface area contributed by atoms with Crippen molar-refractivity contribution in [3.63, 3.8) is 0 Å². The fourth-order valence-electron chi connectivity index (χ4n) is 1.75. The van der Waals surface area contributed by atoms with Crippen LogP contribution in [0.4, 0.5) is 16.2 Å². The molecular weight excluding hydrogens is 398 g/mol. The SMILES string of the molecule is CC(N)c1ccc(NC(=O)Nc2ccc(Br)cc2Br)cc1. The van der Waals surface area contributed by atoms with Gasteiger partial charge in [-0.3, -0.25) is 0 Å². The fraction of sp³-hybridized carbons (Fsp3) is 0.133. The first-order valence-corrected chi connectivity index (χ1v) is 7.93. The molecule has 0 saturated carbocycles. The zero-order valence-electron chi connectivity index (χ0n) is 11.4. The van der Waals surface area contributed by atoms with Crippen molar-refractivity contribution >= 4 is 49.3 Å². The number of hydrogen-bond acceptors (Lipinski definition) is 2. The molecule has 0 radical (unpaired) electrons. The van der Waals surface area contributed by atoms with Crippen LogP contribution < -0.4 is 16.4 Å². The highest BCUT2D eigenvalue weighted by Crippen LogP contribution is 2.26. The Bertz CT molecular complexity index is 642. The molecule has 110 valence electrons. The number of urea groups is 1. The van der Waals surface area contributed by atoms with Gasteiger partial charge in [0.2, 0.25) is 0 Å². The van der Waals surface area contributed by atoms with Crippen LogP contribution in [-0.2, 0) is 0 Å². The standard InChI is InChI=1S/C15H15Br2N3O/c1-9(18)10-2-5-12(6-3-10)19-15(21)20-14-7-4-11(16)8-13(14)17/h2-9H,18H2,1H3,(H2,19,20,21). The van der Waals surface area contributed by atoms with E-state index in [0.717, 1.165) is 14.5 Å². The van der Waals surface area contributed by atoms with Gasteiger partial charge in [0, 0.05) is 20.7 Å². The van der Waals surface area contributed by atoms with Crippen LogP contribution in [0.1, 0.15) is 18.5 Å². The number of halogens is 2. The van der Waals surface area contributed by atoms with Crippen LogP contribution in [-0.4, -0.2) is 6.03 Å². The van der Waals surface area contributed by atoms with Crippen molar-refractivity contribution in [3.05, 3.63) is 57.0 Å². The largest absolute Gasteiger partial charge is 0.324 e. The minimum absolute atomic E-state index is 0.0217. The first kappa shape index (κ1) is 16.0. The summed E-state index contributed by atoms with van der Waals surface area (Å²) in [6.07, 6.45) is 0. The third-order valence-corrected chi connectivity index (χ3v) is 4.02. The van der Waals surface area contributed by atoms with Crippen LogP contribution in [0.2, 0.25) is 0 Å². The topological polar surface area (TPSA) is 67.1 Å². The lowest BCUT2D eigenvalue weighted by molar-refractivity contribution is 0.262. The molecule has 4 N–H and O–H groups in total. The van der Waals surface area contributed by atoms with Crippen molar-refractivity contribution in [2.45, 2.75) is 13.0 Å². The van der Waals surface area contributed by atoms with Crippen molar-refractivity contribution in [1.29, 1.82) is 0 Å². The molecule has 0 bridgehead atoms. The van der Waals surface area contributed by atoms with E-state index in [1.165, 1.54) is 0 Å². The van der Waals surface area contributed by atoms with E-state index in [4.69, 9.17) is 5.73 Å². The Morgan fingerprint density at radius 3 is 2.33 bits per heavy atom. The summed E-state index contributed by atoms with van der Waals surface area (Å²) in [6, 6.07) is 12.7. The van der Waals surface area contributed by atoms with Crippen LogP contribution >= 0.6 is 31.9 Å². The zero-order chi connectivity index (χ0) is 15.4. The van der Waals surface area contributed by atoms with E-state index >= 15 is 0 Å². The molecule has 0 aliphatic heterocycles. The van der Waals surface area contributed by atoms with Crippen molar-refractivity contribution in [1.82, 2.24) is 0 Å². The Kier molecular flexibility index (Phi) is 5.39. The van der Waals surface area contributed by atoms with Gasteiger partial charge >= 0.3 is 6.03 Å². The molecule has 0 saturated heterocycles. The molecule has 1 unspecified atom stereocenters. The molecule has 21 heavy (non-hydrogen) atoms. The molecule has 2 rings (SSSR count). The highest BCUT2D eigenvalue weighted by atomic mass is 79.9. The van der Waals surface area contributed by atoms with Gasteiger partial charge in [-0.15, -0.1) is 0 Å². The van der Waals surface area contributed by atoms with Gasteiger partial charge in [-0.2, -0.15) is 0 Å². The normalized spacial score (nSPS) is 11.8. The summed E-state index contributed by atoms with van der Waals surface area (Å²) in [5.41, 5.74) is 8.22. The highest BCUT2D eigenvalue weighted by molar-refractivity contribution is 9.11. The van der Waals surface area contributed by atoms with Crippen LogP contribution in [0.25, 0.3) is 0 Å². The Balaban J connectivity index is 2.01. The molecule has 2 aromatic carbocycles. The first-order valence-electron chi connectivity index (χ1n) is 6.34. The molecule has 2 amide bonds. The number of nitrogens with one attached hydrogen (secondary N) is 2. The van der Waals surface area contributed by atoms with Gasteiger partial charge in [0.1, 0.15) is 0 Å². The maximum atomic E-state index is 12.0. The van der Waals surface area contributed by atoms with E-state index in [0.29, 0.717) is 11.4 Å². The van der Waals surface area contributed by atoms with Crippen molar-refractivity contribution in [2.24, 2.45) is 5.73 Å². The van der Waals surface area contributed by atoms with Gasteiger partial charge in [-0.05, 0) is 58.7 Å². The lowest BCUT2D eigenvalue weighted by Crippen LogP contribution is -2.19. The van der Waals surface area contributed by atoms with Gasteiger partial charge in [0.25, 0.3) is 0 Å². The Morgan fingerprint density at radius 2 is 1.76 bits per heavy atom. The lowest BCUT2D eigenvalue weighted by Gasteiger charge is -2.11. The average Bonchev–Trinajstić information content (AvgIpc) is 2.42. The molecule has 1 atom stereocenters. The predicted molar refractivity (Wildman–Crippen MR) is 93.5 cm³/mol. The second-order valence-corrected chi connectivity index (χ2v) is 6.38. The summed E-state index contributed by atoms with van der Waals surface area (Å²) in [7, 11) is 0. The Labute approximate surface area is 140 Å². The van der Waals surface area contributed by atoms with E-state index in [9.17, 15) is 4.79 Å². The van der Waals surface area contributed by atoms with E-state index in [1.807, 2.05) is 49.4 Å². The molecule has 0 heterocycles. The van der Waals surface area contributed by atoms with Gasteiger partial charge in [0.15, 0.2) is 0 Å². The van der Waals surface area contributed by atoms with E-state index in [2.05, 4.69) is 42.5 Å². The van der Waals surface area contributed by atoms with Crippen LogP contribution in [0.3, 0.4) is 0 Å². The van der Waals surface area contributed by atoms with Gasteiger partial charge < -0.3 is 16.4 Å². The molecular formula is C15H15Br2N3O. The summed E-state index contributed by atoms with van der Waals surface area (Å²) in [4.78, 5) is 12.0. The second kappa shape index (κ2) is 7.06. The maximum Gasteiger partial charge on any atom is 0.323 e. The summed E-state index contributed by atoms with van der Waals surface area (Å²) in [5.74, 6) is 0. The number of nitrogens with two attached hydrogens (primary N) is 1. The molecule has 0 aliphatic rings. The van der Waals surface area contributed by atoms with Crippen LogP contribution in [0.15, 0.2) is 51.4 Å². The van der Waals surface area contributed by atoms with Crippen LogP contribution in [0.5, 0.6) is 0 Å². The number of amides is 2. The summed E-state index contributed by atoms with van der Waals surface area (Å²) in [5, 5.41) is 5.56. The number of hydrogen-bond donors (Lipinski definition) is 3. The Morgan fingerprint density at radius 1 is 1.10 bits per heavy atom. The molecule has 0 fully saturated rings. The molecule has 0 spiro atoms. The quantitative estimate of drug-likeness (QED) is 0.672.